The van der Waals surface area contributed by atoms with Gasteiger partial charge in [-0.2, -0.15) is 0 Å². The number of hydrogen-bond acceptors (Lipinski definition) is 3. The summed E-state index contributed by atoms with van der Waals surface area (Å²) in [6, 6.07) is 7.96. The van der Waals surface area contributed by atoms with Gasteiger partial charge in [-0.15, -0.1) is 11.8 Å². The van der Waals surface area contributed by atoms with Crippen LogP contribution in [0.4, 0.5) is 0 Å². The van der Waals surface area contributed by atoms with Crippen LogP contribution in [0, 0.1) is 0 Å². The summed E-state index contributed by atoms with van der Waals surface area (Å²) < 4.78 is 0. The van der Waals surface area contributed by atoms with Crippen molar-refractivity contribution < 1.29 is 4.79 Å². The summed E-state index contributed by atoms with van der Waals surface area (Å²) in [4.78, 5) is 13.8. The molecule has 1 aromatic carbocycles. The van der Waals surface area contributed by atoms with E-state index in [0.29, 0.717) is 4.99 Å². The molecule has 3 N–H and O–H groups in total. The molecule has 0 fully saturated rings. The van der Waals surface area contributed by atoms with Gasteiger partial charge in [0.1, 0.15) is 0 Å². The molecule has 2 unspecified atom stereocenters. The maximum Gasteiger partial charge on any atom is 0.234 e. The Balaban J connectivity index is 1.97. The van der Waals surface area contributed by atoms with Gasteiger partial charge in [-0.3, -0.25) is 4.79 Å². The highest BCUT2D eigenvalue weighted by atomic mass is 32.2. The Bertz CT molecular complexity index is 465. The molecule has 1 heterocycles. The van der Waals surface area contributed by atoms with Crippen LogP contribution >= 0.6 is 24.0 Å². The van der Waals surface area contributed by atoms with Crippen molar-refractivity contribution >= 4 is 34.9 Å². The Kier molecular flexibility index (Phi) is 4.82. The number of benzene rings is 1. The molecule has 0 radical (unpaired) electrons. The number of fused-ring (bicyclic) bond motifs is 1. The monoisotopic (exact) mass is 294 g/mol. The molecule has 0 saturated carbocycles. The SMILES string of the molecule is CCCC(NC(=O)C1Cc2ccccc2S1)C(N)=S. The molecular formula is C14H18N2OS2. The van der Waals surface area contributed by atoms with Crippen molar-refractivity contribution in [2.24, 2.45) is 5.73 Å². The highest BCUT2D eigenvalue weighted by molar-refractivity contribution is 8.01. The lowest BCUT2D eigenvalue weighted by Gasteiger charge is -2.18. The van der Waals surface area contributed by atoms with Crippen molar-refractivity contribution in [3.8, 4) is 0 Å². The first-order valence-corrected chi connectivity index (χ1v) is 7.75. The minimum Gasteiger partial charge on any atom is -0.392 e. The van der Waals surface area contributed by atoms with Crippen molar-refractivity contribution in [3.63, 3.8) is 0 Å². The van der Waals surface area contributed by atoms with Crippen LogP contribution in [0.2, 0.25) is 0 Å². The second kappa shape index (κ2) is 6.39. The summed E-state index contributed by atoms with van der Waals surface area (Å²) in [6.07, 6.45) is 2.52. The molecule has 0 bridgehead atoms. The molecule has 0 spiro atoms. The van der Waals surface area contributed by atoms with E-state index in [9.17, 15) is 4.79 Å². The molecule has 1 aliphatic rings. The lowest BCUT2D eigenvalue weighted by atomic mass is 10.1. The van der Waals surface area contributed by atoms with Crippen LogP contribution < -0.4 is 11.1 Å². The molecule has 19 heavy (non-hydrogen) atoms. The molecule has 5 heteroatoms. The third-order valence-electron chi connectivity index (χ3n) is 3.18. The second-order valence-corrected chi connectivity index (χ2v) is 6.39. The number of carbonyl (C=O) groups excluding carboxylic acids is 1. The summed E-state index contributed by atoms with van der Waals surface area (Å²) in [6.45, 7) is 2.05. The molecule has 1 aromatic rings. The molecule has 2 rings (SSSR count). The van der Waals surface area contributed by atoms with Gasteiger partial charge in [-0.25, -0.2) is 0 Å². The summed E-state index contributed by atoms with van der Waals surface area (Å²) in [5, 5.41) is 2.90. The summed E-state index contributed by atoms with van der Waals surface area (Å²) in [7, 11) is 0. The van der Waals surface area contributed by atoms with Crippen molar-refractivity contribution in [2.45, 2.75) is 42.4 Å². The molecular weight excluding hydrogens is 276 g/mol. The Morgan fingerprint density at radius 1 is 1.58 bits per heavy atom. The van der Waals surface area contributed by atoms with Gasteiger partial charge in [0.25, 0.3) is 0 Å². The topological polar surface area (TPSA) is 55.1 Å². The largest absolute Gasteiger partial charge is 0.392 e. The van der Waals surface area contributed by atoms with Crippen LogP contribution in [0.15, 0.2) is 29.2 Å². The van der Waals surface area contributed by atoms with Gasteiger partial charge in [-0.05, 0) is 24.5 Å². The predicted molar refractivity (Wildman–Crippen MR) is 83.4 cm³/mol. The van der Waals surface area contributed by atoms with E-state index in [1.807, 2.05) is 12.1 Å². The minimum atomic E-state index is -0.184. The normalized spacial score (nSPS) is 18.7. The van der Waals surface area contributed by atoms with Crippen molar-refractivity contribution in [3.05, 3.63) is 29.8 Å². The molecule has 2 atom stereocenters. The first-order valence-electron chi connectivity index (χ1n) is 6.46. The number of carbonyl (C=O) groups is 1. The quantitative estimate of drug-likeness (QED) is 0.818. The van der Waals surface area contributed by atoms with Crippen molar-refractivity contribution in [2.75, 3.05) is 0 Å². The third-order valence-corrected chi connectivity index (χ3v) is 4.78. The Labute approximate surface area is 123 Å². The average molecular weight is 294 g/mol. The van der Waals surface area contributed by atoms with Gasteiger partial charge in [0.05, 0.1) is 16.3 Å². The zero-order valence-electron chi connectivity index (χ0n) is 10.9. The lowest BCUT2D eigenvalue weighted by molar-refractivity contribution is -0.120. The highest BCUT2D eigenvalue weighted by Gasteiger charge is 2.29. The van der Waals surface area contributed by atoms with Gasteiger partial charge in [0.15, 0.2) is 0 Å². The lowest BCUT2D eigenvalue weighted by Crippen LogP contribution is -2.46. The van der Waals surface area contributed by atoms with Gasteiger partial charge in [-0.1, -0.05) is 43.8 Å². The second-order valence-electron chi connectivity index (χ2n) is 4.67. The number of thiocarbonyl (C=S) groups is 1. The first kappa shape index (κ1) is 14.3. The molecule has 102 valence electrons. The van der Waals surface area contributed by atoms with Crippen LogP contribution in [0.3, 0.4) is 0 Å². The summed E-state index contributed by atoms with van der Waals surface area (Å²) >= 11 is 6.62. The Morgan fingerprint density at radius 2 is 2.32 bits per heavy atom. The van der Waals surface area contributed by atoms with E-state index in [0.717, 1.165) is 19.3 Å². The van der Waals surface area contributed by atoms with Gasteiger partial charge in [0.2, 0.25) is 5.91 Å². The zero-order valence-corrected chi connectivity index (χ0v) is 12.5. The van der Waals surface area contributed by atoms with E-state index in [1.165, 1.54) is 10.5 Å². The van der Waals surface area contributed by atoms with E-state index < -0.39 is 0 Å². The van der Waals surface area contributed by atoms with E-state index in [2.05, 4.69) is 24.4 Å². The Hall–Kier alpha value is -1.07. The molecule has 0 saturated heterocycles. The standard InChI is InChI=1S/C14H18N2OS2/c1-2-5-10(13(15)18)16-14(17)12-8-9-6-3-4-7-11(9)19-12/h3-4,6-7,10,12H,2,5,8H2,1H3,(H2,15,18)(H,16,17). The maximum absolute atomic E-state index is 12.3. The molecule has 0 aromatic heterocycles. The van der Waals surface area contributed by atoms with Crippen LogP contribution in [0.1, 0.15) is 25.3 Å². The molecule has 3 nitrogen and oxygen atoms in total. The fourth-order valence-electron chi connectivity index (χ4n) is 2.17. The third kappa shape index (κ3) is 3.48. The fraction of sp³-hybridized carbons (Fsp3) is 0.429. The van der Waals surface area contributed by atoms with E-state index in [1.54, 1.807) is 11.8 Å². The summed E-state index contributed by atoms with van der Waals surface area (Å²) in [5.74, 6) is 0.0347. The number of amides is 1. The van der Waals surface area contributed by atoms with Crippen LogP contribution in [-0.4, -0.2) is 22.2 Å². The van der Waals surface area contributed by atoms with Crippen molar-refractivity contribution in [1.29, 1.82) is 0 Å². The first-order chi connectivity index (χ1) is 9.11. The van der Waals surface area contributed by atoms with Gasteiger partial charge < -0.3 is 11.1 Å². The number of thioether (sulfide) groups is 1. The fourth-order valence-corrected chi connectivity index (χ4v) is 3.55. The van der Waals surface area contributed by atoms with E-state index >= 15 is 0 Å². The van der Waals surface area contributed by atoms with Crippen LogP contribution in [0.25, 0.3) is 0 Å². The zero-order chi connectivity index (χ0) is 13.8. The number of hydrogen-bond donors (Lipinski definition) is 2. The highest BCUT2D eigenvalue weighted by Crippen LogP contribution is 2.36. The van der Waals surface area contributed by atoms with E-state index in [4.69, 9.17) is 18.0 Å². The summed E-state index contributed by atoms with van der Waals surface area (Å²) in [5.41, 5.74) is 6.91. The minimum absolute atomic E-state index is 0.0347. The predicted octanol–water partition coefficient (Wildman–Crippen LogP) is 2.27. The van der Waals surface area contributed by atoms with Crippen LogP contribution in [-0.2, 0) is 11.2 Å². The Morgan fingerprint density at radius 3 is 2.95 bits per heavy atom. The number of rotatable bonds is 5. The average Bonchev–Trinajstić information content (AvgIpc) is 2.81. The van der Waals surface area contributed by atoms with Crippen LogP contribution in [0.5, 0.6) is 0 Å². The van der Waals surface area contributed by atoms with Gasteiger partial charge in [0, 0.05) is 4.90 Å². The van der Waals surface area contributed by atoms with Gasteiger partial charge >= 0.3 is 0 Å². The smallest absolute Gasteiger partial charge is 0.234 e. The number of nitrogens with one attached hydrogen (secondary N) is 1. The maximum atomic E-state index is 12.3. The number of nitrogens with two attached hydrogens (primary N) is 1. The molecule has 0 aliphatic carbocycles. The van der Waals surface area contributed by atoms with E-state index in [-0.39, 0.29) is 17.2 Å². The van der Waals surface area contributed by atoms with Crippen molar-refractivity contribution in [1.82, 2.24) is 5.32 Å². The molecule has 1 aliphatic heterocycles. The molecule has 1 amide bonds.